The highest BCUT2D eigenvalue weighted by molar-refractivity contribution is 5.96. The molecule has 9 heteroatoms. The lowest BCUT2D eigenvalue weighted by Gasteiger charge is -2.07. The molecule has 0 radical (unpaired) electrons. The molecule has 0 amide bonds. The third kappa shape index (κ3) is 4.31. The second-order valence-electron chi connectivity index (χ2n) is 9.26. The van der Waals surface area contributed by atoms with Crippen molar-refractivity contribution in [3.8, 4) is 17.1 Å². The normalized spacial score (nSPS) is 11.7. The molecular formula is C29H25F2N5O2. The molecule has 0 saturated carbocycles. The molecule has 3 aromatic carbocycles. The number of rotatable bonds is 8. The molecule has 0 aliphatic carbocycles. The average Bonchev–Trinajstić information content (AvgIpc) is 3.56. The van der Waals surface area contributed by atoms with Crippen molar-refractivity contribution < 1.29 is 13.5 Å². The summed E-state index contributed by atoms with van der Waals surface area (Å²) in [7, 11) is 1.85. The molecule has 0 aliphatic rings. The Kier molecular flexibility index (Phi) is 6.13. The summed E-state index contributed by atoms with van der Waals surface area (Å²) >= 11 is 0. The summed E-state index contributed by atoms with van der Waals surface area (Å²) in [4.78, 5) is 13.0. The molecule has 192 valence electrons. The van der Waals surface area contributed by atoms with Crippen LogP contribution in [0.5, 0.6) is 0 Å². The van der Waals surface area contributed by atoms with Gasteiger partial charge in [0.1, 0.15) is 11.6 Å². The number of benzene rings is 3. The lowest BCUT2D eigenvalue weighted by molar-refractivity contribution is 0.116. The molecular weight excluding hydrogens is 488 g/mol. The van der Waals surface area contributed by atoms with Gasteiger partial charge in [-0.15, -0.1) is 0 Å². The smallest absolute Gasteiger partial charge is 0.348 e. The number of aromatic amines is 1. The zero-order valence-corrected chi connectivity index (χ0v) is 20.7. The Hall–Kier alpha value is -4.50. The van der Waals surface area contributed by atoms with Gasteiger partial charge in [-0.05, 0) is 48.4 Å². The van der Waals surface area contributed by atoms with E-state index < -0.39 is 11.5 Å². The Morgan fingerprint density at radius 2 is 1.66 bits per heavy atom. The van der Waals surface area contributed by atoms with Crippen molar-refractivity contribution in [1.29, 1.82) is 0 Å². The quantitative estimate of drug-likeness (QED) is 0.271. The topological polar surface area (TPSA) is 69.8 Å². The maximum atomic E-state index is 14.4. The van der Waals surface area contributed by atoms with E-state index in [1.165, 1.54) is 28.8 Å². The summed E-state index contributed by atoms with van der Waals surface area (Å²) in [5, 5.41) is 7.99. The van der Waals surface area contributed by atoms with Crippen LogP contribution in [-0.4, -0.2) is 30.5 Å². The van der Waals surface area contributed by atoms with E-state index in [1.807, 2.05) is 52.7 Å². The number of nitrogens with zero attached hydrogens (tertiary/aromatic N) is 4. The molecule has 3 heterocycles. The number of hydrogen-bond acceptors (Lipinski definition) is 3. The van der Waals surface area contributed by atoms with E-state index in [0.717, 1.165) is 23.0 Å². The fourth-order valence-corrected chi connectivity index (χ4v) is 4.96. The Bertz CT molecular complexity index is 1810. The van der Waals surface area contributed by atoms with E-state index in [-0.39, 0.29) is 5.82 Å². The number of halogens is 2. The van der Waals surface area contributed by atoms with Crippen LogP contribution in [0.25, 0.3) is 38.9 Å². The van der Waals surface area contributed by atoms with Crippen molar-refractivity contribution in [2.75, 3.05) is 6.61 Å². The lowest BCUT2D eigenvalue weighted by Crippen LogP contribution is -2.15. The van der Waals surface area contributed by atoms with Gasteiger partial charge in [0.25, 0.3) is 0 Å². The van der Waals surface area contributed by atoms with Gasteiger partial charge in [0.2, 0.25) is 0 Å². The Labute approximate surface area is 216 Å². The second kappa shape index (κ2) is 9.75. The number of aryl methyl sites for hydroxylation is 2. The number of fused-ring (bicyclic) bond motifs is 2. The highest BCUT2D eigenvalue weighted by Crippen LogP contribution is 2.33. The van der Waals surface area contributed by atoms with Crippen LogP contribution in [0.4, 0.5) is 8.78 Å². The van der Waals surface area contributed by atoms with Gasteiger partial charge in [-0.25, -0.2) is 23.2 Å². The van der Waals surface area contributed by atoms with Crippen molar-refractivity contribution >= 4 is 21.8 Å². The summed E-state index contributed by atoms with van der Waals surface area (Å²) in [6.45, 7) is 1.69. The Balaban J connectivity index is 1.36. The first-order chi connectivity index (χ1) is 18.5. The maximum absolute atomic E-state index is 14.4. The summed E-state index contributed by atoms with van der Waals surface area (Å²) in [6, 6.07) is 19.0. The Morgan fingerprint density at radius 1 is 0.921 bits per heavy atom. The summed E-state index contributed by atoms with van der Waals surface area (Å²) in [6.07, 6.45) is 4.36. The van der Waals surface area contributed by atoms with E-state index in [2.05, 4.69) is 10.2 Å². The van der Waals surface area contributed by atoms with Crippen LogP contribution >= 0.6 is 0 Å². The third-order valence-corrected chi connectivity index (χ3v) is 6.73. The number of aromatic nitrogens is 5. The van der Waals surface area contributed by atoms with Crippen LogP contribution < -0.4 is 5.69 Å². The van der Waals surface area contributed by atoms with E-state index in [0.29, 0.717) is 47.6 Å². The van der Waals surface area contributed by atoms with Crippen LogP contribution in [-0.2, 0) is 24.9 Å². The third-order valence-electron chi connectivity index (χ3n) is 6.73. The SMILES string of the molecule is Cn1cc(-c2n[nH]c(=O)n2-c2cn(CCCOCc3ccccc3)c3ccc(F)cc23)c2cc(F)ccc21. The molecule has 0 aliphatic heterocycles. The Morgan fingerprint density at radius 3 is 2.45 bits per heavy atom. The fourth-order valence-electron chi connectivity index (χ4n) is 4.96. The summed E-state index contributed by atoms with van der Waals surface area (Å²) < 4.78 is 39.6. The van der Waals surface area contributed by atoms with Gasteiger partial charge in [0, 0.05) is 54.4 Å². The van der Waals surface area contributed by atoms with Crippen LogP contribution in [0, 0.1) is 11.6 Å². The van der Waals surface area contributed by atoms with Gasteiger partial charge in [-0.1, -0.05) is 30.3 Å². The minimum Gasteiger partial charge on any atom is -0.377 e. The number of hydrogen-bond donors (Lipinski definition) is 1. The van der Waals surface area contributed by atoms with E-state index in [1.54, 1.807) is 18.3 Å². The highest BCUT2D eigenvalue weighted by atomic mass is 19.1. The largest absolute Gasteiger partial charge is 0.377 e. The van der Waals surface area contributed by atoms with Gasteiger partial charge in [-0.3, -0.25) is 0 Å². The van der Waals surface area contributed by atoms with Crippen LogP contribution in [0.1, 0.15) is 12.0 Å². The average molecular weight is 514 g/mol. The van der Waals surface area contributed by atoms with Crippen molar-refractivity contribution in [2.24, 2.45) is 7.05 Å². The molecule has 0 unspecified atom stereocenters. The number of ether oxygens (including phenoxy) is 1. The maximum Gasteiger partial charge on any atom is 0.348 e. The first-order valence-electron chi connectivity index (χ1n) is 12.3. The second-order valence-corrected chi connectivity index (χ2v) is 9.26. The van der Waals surface area contributed by atoms with Crippen LogP contribution in [0.3, 0.4) is 0 Å². The zero-order valence-electron chi connectivity index (χ0n) is 20.7. The molecule has 6 aromatic rings. The molecule has 38 heavy (non-hydrogen) atoms. The van der Waals surface area contributed by atoms with Gasteiger partial charge in [0.15, 0.2) is 5.82 Å². The first-order valence-corrected chi connectivity index (χ1v) is 12.3. The van der Waals surface area contributed by atoms with Crippen LogP contribution in [0.2, 0.25) is 0 Å². The molecule has 3 aromatic heterocycles. The van der Waals surface area contributed by atoms with Crippen molar-refractivity contribution in [3.63, 3.8) is 0 Å². The van der Waals surface area contributed by atoms with E-state index in [4.69, 9.17) is 4.74 Å². The minimum absolute atomic E-state index is 0.320. The van der Waals surface area contributed by atoms with Gasteiger partial charge in [-0.2, -0.15) is 5.10 Å². The first kappa shape index (κ1) is 23.9. The molecule has 6 rings (SSSR count). The monoisotopic (exact) mass is 513 g/mol. The minimum atomic E-state index is -0.470. The standard InChI is InChI=1S/C29H25F2N5O2/c1-34-16-24(22-14-20(30)8-10-25(22)34)28-32-33-29(37)36(28)27-17-35(26-11-9-21(31)15-23(26)27)12-5-13-38-18-19-6-3-2-4-7-19/h2-4,6-11,14-17H,5,12-13,18H2,1H3,(H,33,37). The molecule has 0 atom stereocenters. The highest BCUT2D eigenvalue weighted by Gasteiger charge is 2.21. The summed E-state index contributed by atoms with van der Waals surface area (Å²) in [5.41, 5.74) is 3.30. The van der Waals surface area contributed by atoms with E-state index in [9.17, 15) is 13.6 Å². The number of H-pyrrole nitrogens is 1. The molecule has 0 spiro atoms. The molecule has 0 saturated heterocycles. The summed E-state index contributed by atoms with van der Waals surface area (Å²) in [5.74, 6) is -0.476. The van der Waals surface area contributed by atoms with Gasteiger partial charge < -0.3 is 13.9 Å². The predicted octanol–water partition coefficient (Wildman–Crippen LogP) is 5.56. The lowest BCUT2D eigenvalue weighted by atomic mass is 10.1. The molecule has 7 nitrogen and oxygen atoms in total. The predicted molar refractivity (Wildman–Crippen MR) is 142 cm³/mol. The zero-order chi connectivity index (χ0) is 26.2. The van der Waals surface area contributed by atoms with Crippen molar-refractivity contribution in [2.45, 2.75) is 19.6 Å². The molecule has 0 fully saturated rings. The molecule has 0 bridgehead atoms. The fraction of sp³-hybridized carbons (Fsp3) is 0.172. The van der Waals surface area contributed by atoms with Gasteiger partial charge >= 0.3 is 5.69 Å². The van der Waals surface area contributed by atoms with Crippen molar-refractivity contribution in [1.82, 2.24) is 23.9 Å². The van der Waals surface area contributed by atoms with Crippen molar-refractivity contribution in [3.05, 3.63) is 107 Å². The molecule has 1 N–H and O–H groups in total. The number of nitrogens with one attached hydrogen (secondary N) is 1. The van der Waals surface area contributed by atoms with Gasteiger partial charge in [0.05, 0.1) is 17.8 Å². The van der Waals surface area contributed by atoms with E-state index >= 15 is 0 Å². The van der Waals surface area contributed by atoms with Crippen LogP contribution in [0.15, 0.2) is 83.9 Å².